The number of nitrogens with one attached hydrogen (secondary N) is 1. The van der Waals surface area contributed by atoms with Gasteiger partial charge in [-0.05, 0) is 23.3 Å². The number of furan rings is 1. The number of benzene rings is 1. The van der Waals surface area contributed by atoms with Crippen LogP contribution in [-0.2, 0) is 28.9 Å². The van der Waals surface area contributed by atoms with E-state index in [2.05, 4.69) is 5.32 Å². The number of esters is 1. The Hall–Kier alpha value is -2.07. The molecule has 0 atom stereocenters. The number of carbonyl (C=O) groups excluding carboxylic acids is 1. The molecule has 0 aliphatic carbocycles. The summed E-state index contributed by atoms with van der Waals surface area (Å²) in [6, 6.07) is 11.8. The van der Waals surface area contributed by atoms with Crippen molar-refractivity contribution in [3.05, 3.63) is 59.5 Å². The Bertz CT molecular complexity index is 534. The Kier molecular flexibility index (Phi) is 5.38. The average Bonchev–Trinajstić information content (AvgIpc) is 2.98. The van der Waals surface area contributed by atoms with Crippen molar-refractivity contribution < 1.29 is 13.9 Å². The van der Waals surface area contributed by atoms with Gasteiger partial charge >= 0.3 is 5.97 Å². The van der Waals surface area contributed by atoms with Crippen molar-refractivity contribution in [2.45, 2.75) is 19.4 Å². The summed E-state index contributed by atoms with van der Waals surface area (Å²) in [5, 5.41) is 3.36. The molecule has 106 valence electrons. The maximum atomic E-state index is 11.4. The van der Waals surface area contributed by atoms with Gasteiger partial charge in [-0.15, -0.1) is 0 Å². The molecule has 4 heteroatoms. The monoisotopic (exact) mass is 273 g/mol. The SMILES string of the molecule is COC(=O)Cc1ccccc1CNCCc1ccco1. The molecule has 0 radical (unpaired) electrons. The molecule has 1 aromatic heterocycles. The van der Waals surface area contributed by atoms with E-state index in [4.69, 9.17) is 9.15 Å². The van der Waals surface area contributed by atoms with Crippen molar-refractivity contribution in [2.75, 3.05) is 13.7 Å². The van der Waals surface area contributed by atoms with Crippen molar-refractivity contribution in [1.82, 2.24) is 5.32 Å². The molecule has 2 rings (SSSR count). The molecule has 1 aromatic carbocycles. The van der Waals surface area contributed by atoms with Crippen LogP contribution >= 0.6 is 0 Å². The van der Waals surface area contributed by atoms with E-state index < -0.39 is 0 Å². The molecular weight excluding hydrogens is 254 g/mol. The van der Waals surface area contributed by atoms with Crippen LogP contribution < -0.4 is 5.32 Å². The fraction of sp³-hybridized carbons (Fsp3) is 0.312. The summed E-state index contributed by atoms with van der Waals surface area (Å²) >= 11 is 0. The predicted molar refractivity (Wildman–Crippen MR) is 76.3 cm³/mol. The Morgan fingerprint density at radius 2 is 2.00 bits per heavy atom. The van der Waals surface area contributed by atoms with Crippen LogP contribution in [0.3, 0.4) is 0 Å². The van der Waals surface area contributed by atoms with Crippen LogP contribution in [-0.4, -0.2) is 19.6 Å². The first-order valence-electron chi connectivity index (χ1n) is 6.66. The van der Waals surface area contributed by atoms with Crippen LogP contribution in [0.25, 0.3) is 0 Å². The fourth-order valence-corrected chi connectivity index (χ4v) is 2.02. The summed E-state index contributed by atoms with van der Waals surface area (Å²) in [5.41, 5.74) is 2.13. The highest BCUT2D eigenvalue weighted by Gasteiger charge is 2.07. The normalized spacial score (nSPS) is 10.4. The van der Waals surface area contributed by atoms with Crippen molar-refractivity contribution >= 4 is 5.97 Å². The molecule has 0 aliphatic rings. The van der Waals surface area contributed by atoms with E-state index in [0.717, 1.165) is 36.4 Å². The average molecular weight is 273 g/mol. The zero-order valence-electron chi connectivity index (χ0n) is 11.6. The summed E-state index contributed by atoms with van der Waals surface area (Å²) in [6.07, 6.45) is 2.85. The van der Waals surface area contributed by atoms with Gasteiger partial charge in [-0.1, -0.05) is 24.3 Å². The summed E-state index contributed by atoms with van der Waals surface area (Å²) in [7, 11) is 1.41. The number of carbonyl (C=O) groups is 1. The molecule has 0 saturated carbocycles. The molecule has 2 aromatic rings. The van der Waals surface area contributed by atoms with E-state index in [1.807, 2.05) is 36.4 Å². The highest BCUT2D eigenvalue weighted by Crippen LogP contribution is 2.10. The first-order valence-corrected chi connectivity index (χ1v) is 6.66. The number of rotatable bonds is 7. The molecule has 1 N–H and O–H groups in total. The lowest BCUT2D eigenvalue weighted by Crippen LogP contribution is -2.18. The smallest absolute Gasteiger partial charge is 0.309 e. The second kappa shape index (κ2) is 7.50. The van der Waals surface area contributed by atoms with E-state index in [0.29, 0.717) is 6.42 Å². The standard InChI is InChI=1S/C16H19NO3/c1-19-16(18)11-13-5-2-3-6-14(13)12-17-9-8-15-7-4-10-20-15/h2-7,10,17H,8-9,11-12H2,1H3. The molecule has 0 fully saturated rings. The van der Waals surface area contributed by atoms with Gasteiger partial charge in [0, 0.05) is 19.5 Å². The van der Waals surface area contributed by atoms with E-state index in [-0.39, 0.29) is 5.97 Å². The van der Waals surface area contributed by atoms with Gasteiger partial charge in [-0.3, -0.25) is 4.79 Å². The van der Waals surface area contributed by atoms with Crippen molar-refractivity contribution in [3.8, 4) is 0 Å². The Morgan fingerprint density at radius 3 is 2.70 bits per heavy atom. The van der Waals surface area contributed by atoms with E-state index in [1.54, 1.807) is 6.26 Å². The Balaban J connectivity index is 1.84. The number of hydrogen-bond donors (Lipinski definition) is 1. The molecule has 1 heterocycles. The summed E-state index contributed by atoms with van der Waals surface area (Å²) in [4.78, 5) is 11.4. The third-order valence-electron chi connectivity index (χ3n) is 3.12. The zero-order valence-corrected chi connectivity index (χ0v) is 11.6. The maximum absolute atomic E-state index is 11.4. The van der Waals surface area contributed by atoms with Crippen LogP contribution in [0, 0.1) is 0 Å². The first-order chi connectivity index (χ1) is 9.79. The molecule has 0 spiro atoms. The fourth-order valence-electron chi connectivity index (χ4n) is 2.02. The third-order valence-corrected chi connectivity index (χ3v) is 3.12. The highest BCUT2D eigenvalue weighted by molar-refractivity contribution is 5.72. The lowest BCUT2D eigenvalue weighted by atomic mass is 10.0. The molecule has 4 nitrogen and oxygen atoms in total. The predicted octanol–water partition coefficient (Wildman–Crippen LogP) is 2.33. The molecule has 20 heavy (non-hydrogen) atoms. The summed E-state index contributed by atoms with van der Waals surface area (Å²) in [5.74, 6) is 0.758. The number of methoxy groups -OCH3 is 1. The van der Waals surface area contributed by atoms with Crippen LogP contribution in [0.15, 0.2) is 47.1 Å². The van der Waals surface area contributed by atoms with Crippen LogP contribution in [0.2, 0.25) is 0 Å². The van der Waals surface area contributed by atoms with E-state index in [1.165, 1.54) is 7.11 Å². The molecule has 0 unspecified atom stereocenters. The van der Waals surface area contributed by atoms with E-state index in [9.17, 15) is 4.79 Å². The molecule has 0 aliphatic heterocycles. The first kappa shape index (κ1) is 14.3. The zero-order chi connectivity index (χ0) is 14.2. The van der Waals surface area contributed by atoms with Gasteiger partial charge in [-0.2, -0.15) is 0 Å². The largest absolute Gasteiger partial charge is 0.469 e. The second-order valence-electron chi connectivity index (χ2n) is 4.53. The molecule has 0 saturated heterocycles. The second-order valence-corrected chi connectivity index (χ2v) is 4.53. The van der Waals surface area contributed by atoms with Gasteiger partial charge in [-0.25, -0.2) is 0 Å². The van der Waals surface area contributed by atoms with Crippen molar-refractivity contribution in [3.63, 3.8) is 0 Å². The van der Waals surface area contributed by atoms with Crippen molar-refractivity contribution in [2.24, 2.45) is 0 Å². The van der Waals surface area contributed by atoms with Gasteiger partial charge in [0.05, 0.1) is 19.8 Å². The maximum Gasteiger partial charge on any atom is 0.309 e. The van der Waals surface area contributed by atoms with Gasteiger partial charge in [0.1, 0.15) is 5.76 Å². The topological polar surface area (TPSA) is 51.5 Å². The lowest BCUT2D eigenvalue weighted by Gasteiger charge is -2.09. The Labute approximate surface area is 118 Å². The summed E-state index contributed by atoms with van der Waals surface area (Å²) < 4.78 is 9.99. The van der Waals surface area contributed by atoms with Gasteiger partial charge in [0.25, 0.3) is 0 Å². The summed E-state index contributed by atoms with van der Waals surface area (Å²) in [6.45, 7) is 1.56. The molecule has 0 amide bonds. The van der Waals surface area contributed by atoms with Gasteiger partial charge < -0.3 is 14.5 Å². The molecular formula is C16H19NO3. The van der Waals surface area contributed by atoms with Crippen LogP contribution in [0.1, 0.15) is 16.9 Å². The number of ether oxygens (including phenoxy) is 1. The van der Waals surface area contributed by atoms with Gasteiger partial charge in [0.15, 0.2) is 0 Å². The minimum atomic E-state index is -0.215. The van der Waals surface area contributed by atoms with Crippen LogP contribution in [0.5, 0.6) is 0 Å². The van der Waals surface area contributed by atoms with E-state index >= 15 is 0 Å². The number of hydrogen-bond acceptors (Lipinski definition) is 4. The van der Waals surface area contributed by atoms with Crippen LogP contribution in [0.4, 0.5) is 0 Å². The Morgan fingerprint density at radius 1 is 1.20 bits per heavy atom. The quantitative estimate of drug-likeness (QED) is 0.621. The molecule has 0 bridgehead atoms. The third kappa shape index (κ3) is 4.24. The minimum Gasteiger partial charge on any atom is -0.469 e. The lowest BCUT2D eigenvalue weighted by molar-refractivity contribution is -0.139. The van der Waals surface area contributed by atoms with Gasteiger partial charge in [0.2, 0.25) is 0 Å². The highest BCUT2D eigenvalue weighted by atomic mass is 16.5. The minimum absolute atomic E-state index is 0.215. The van der Waals surface area contributed by atoms with Crippen molar-refractivity contribution in [1.29, 1.82) is 0 Å².